The second kappa shape index (κ2) is 9.43. The molecule has 196 valence electrons. The first-order valence-corrected chi connectivity index (χ1v) is 12.9. The molecule has 5 rings (SSSR count). The molecular weight excluding hydrogens is 477 g/mol. The zero-order valence-electron chi connectivity index (χ0n) is 21.3. The number of hydrogen-bond donors (Lipinski definition) is 2. The lowest BCUT2D eigenvalue weighted by Gasteiger charge is -2.41. The van der Waals surface area contributed by atoms with Crippen LogP contribution < -0.4 is 10.1 Å². The lowest BCUT2D eigenvalue weighted by Crippen LogP contribution is -2.50. The van der Waals surface area contributed by atoms with E-state index >= 15 is 4.39 Å². The fourth-order valence-corrected chi connectivity index (χ4v) is 5.94. The summed E-state index contributed by atoms with van der Waals surface area (Å²) in [6.45, 7) is 6.61. The molecule has 0 unspecified atom stereocenters. The van der Waals surface area contributed by atoms with Crippen molar-refractivity contribution < 1.29 is 28.6 Å². The summed E-state index contributed by atoms with van der Waals surface area (Å²) >= 11 is 0. The number of carbonyl (C=O) groups is 3. The highest BCUT2D eigenvalue weighted by atomic mass is 19.1. The Morgan fingerprint density at radius 3 is 2.65 bits per heavy atom. The maximum Gasteiger partial charge on any atom is 0.306 e. The largest absolute Gasteiger partial charge is 0.481 e. The number of aliphatic carboxylic acids is 1. The van der Waals surface area contributed by atoms with Crippen molar-refractivity contribution in [3.63, 3.8) is 0 Å². The van der Waals surface area contributed by atoms with E-state index in [2.05, 4.69) is 10.3 Å². The van der Waals surface area contributed by atoms with Crippen LogP contribution in [0.25, 0.3) is 0 Å². The number of amides is 2. The summed E-state index contributed by atoms with van der Waals surface area (Å²) in [6, 6.07) is 5.64. The van der Waals surface area contributed by atoms with Gasteiger partial charge < -0.3 is 20.1 Å². The molecule has 2 aromatic rings. The van der Waals surface area contributed by atoms with Gasteiger partial charge in [0.2, 0.25) is 11.8 Å². The number of nitrogens with one attached hydrogen (secondary N) is 1. The van der Waals surface area contributed by atoms with E-state index in [1.54, 1.807) is 12.1 Å². The molecule has 0 bridgehead atoms. The Morgan fingerprint density at radius 2 is 1.95 bits per heavy atom. The zero-order valence-corrected chi connectivity index (χ0v) is 21.3. The average molecular weight is 510 g/mol. The van der Waals surface area contributed by atoms with Crippen LogP contribution in [0.3, 0.4) is 0 Å². The molecule has 2 aliphatic carbocycles. The van der Waals surface area contributed by atoms with Gasteiger partial charge in [0, 0.05) is 36.2 Å². The lowest BCUT2D eigenvalue weighted by atomic mass is 9.73. The summed E-state index contributed by atoms with van der Waals surface area (Å²) in [4.78, 5) is 44.5. The van der Waals surface area contributed by atoms with Gasteiger partial charge in [-0.2, -0.15) is 0 Å². The van der Waals surface area contributed by atoms with E-state index in [1.165, 1.54) is 11.0 Å². The minimum Gasteiger partial charge on any atom is -0.481 e. The highest BCUT2D eigenvalue weighted by Crippen LogP contribution is 2.42. The molecule has 2 amide bonds. The predicted molar refractivity (Wildman–Crippen MR) is 134 cm³/mol. The number of aryl methyl sites for hydroxylation is 1. The Morgan fingerprint density at radius 1 is 1.19 bits per heavy atom. The summed E-state index contributed by atoms with van der Waals surface area (Å²) in [5.41, 5.74) is 2.94. The number of carboxylic acids is 1. The average Bonchev–Trinajstić information content (AvgIpc) is 3.11. The Hall–Kier alpha value is -3.49. The third-order valence-corrected chi connectivity index (χ3v) is 7.98. The van der Waals surface area contributed by atoms with Crippen molar-refractivity contribution in [2.45, 2.75) is 64.3 Å². The maximum atomic E-state index is 15.1. The monoisotopic (exact) mass is 509 g/mol. The molecule has 0 saturated heterocycles. The van der Waals surface area contributed by atoms with E-state index in [9.17, 15) is 19.5 Å². The first-order chi connectivity index (χ1) is 17.6. The molecule has 2 heterocycles. The molecule has 2 N–H and O–H groups in total. The molecule has 0 spiro atoms. The number of halogens is 1. The van der Waals surface area contributed by atoms with Crippen molar-refractivity contribution in [1.29, 1.82) is 0 Å². The van der Waals surface area contributed by atoms with Gasteiger partial charge in [-0.15, -0.1) is 0 Å². The zero-order chi connectivity index (χ0) is 26.5. The fourth-order valence-electron chi connectivity index (χ4n) is 5.94. The number of hydrogen-bond acceptors (Lipinski definition) is 5. The maximum absolute atomic E-state index is 15.1. The number of aromatic nitrogens is 1. The van der Waals surface area contributed by atoms with Crippen molar-refractivity contribution in [2.75, 3.05) is 18.5 Å². The molecule has 9 heteroatoms. The number of ether oxygens (including phenoxy) is 1. The molecule has 1 saturated carbocycles. The highest BCUT2D eigenvalue weighted by molar-refractivity contribution is 5.99. The fraction of sp³-hybridized carbons (Fsp3) is 0.500. The van der Waals surface area contributed by atoms with Gasteiger partial charge in [-0.1, -0.05) is 13.8 Å². The molecule has 1 aromatic heterocycles. The van der Waals surface area contributed by atoms with E-state index in [1.807, 2.05) is 26.8 Å². The predicted octanol–water partition coefficient (Wildman–Crippen LogP) is 4.02. The number of nitrogens with zero attached hydrogens (tertiary/aromatic N) is 2. The van der Waals surface area contributed by atoms with Crippen LogP contribution in [0.15, 0.2) is 24.3 Å². The molecule has 3 aliphatic rings. The minimum atomic E-state index is -0.962. The SMILES string of the molecule is CCOc1ccc2c(n1)CCN(C(=O)C1CC(C(=O)O)C1)[C@H]2C(=O)Nc1cc(F)c2c(c1)CCC2(C)C. The van der Waals surface area contributed by atoms with Gasteiger partial charge in [0.1, 0.15) is 11.9 Å². The van der Waals surface area contributed by atoms with Crippen LogP contribution in [0.2, 0.25) is 0 Å². The third-order valence-electron chi connectivity index (χ3n) is 7.98. The number of benzene rings is 1. The summed E-state index contributed by atoms with van der Waals surface area (Å²) in [7, 11) is 0. The second-order valence-corrected chi connectivity index (χ2v) is 10.9. The van der Waals surface area contributed by atoms with Crippen LogP contribution in [0.4, 0.5) is 10.1 Å². The standard InChI is InChI=1S/C28H32FN3O5/c1-4-37-22-6-5-19-21(31-22)8-10-32(26(34)16-11-17(12-16)27(35)36)24(19)25(33)30-18-13-15-7-9-28(2,3)23(15)20(29)14-18/h5-6,13-14,16-17,24H,4,7-12H2,1-3H3,(H,30,33)(H,35,36)/t16?,17?,24-/m1/s1. The molecule has 1 fully saturated rings. The van der Waals surface area contributed by atoms with Crippen LogP contribution >= 0.6 is 0 Å². The molecule has 0 radical (unpaired) electrons. The Balaban J connectivity index is 1.44. The van der Waals surface area contributed by atoms with Gasteiger partial charge in [0.25, 0.3) is 5.91 Å². The van der Waals surface area contributed by atoms with E-state index in [0.29, 0.717) is 41.4 Å². The van der Waals surface area contributed by atoms with Crippen molar-refractivity contribution in [3.05, 3.63) is 52.5 Å². The van der Waals surface area contributed by atoms with Crippen LogP contribution in [0, 0.1) is 17.7 Å². The number of carboxylic acid groups (broad SMARTS) is 1. The Bertz CT molecular complexity index is 1270. The van der Waals surface area contributed by atoms with Gasteiger partial charge in [-0.25, -0.2) is 9.37 Å². The molecular formula is C28H32FN3O5. The van der Waals surface area contributed by atoms with E-state index in [0.717, 1.165) is 18.4 Å². The van der Waals surface area contributed by atoms with Gasteiger partial charge in [-0.3, -0.25) is 14.4 Å². The van der Waals surface area contributed by atoms with Gasteiger partial charge in [0.05, 0.1) is 18.2 Å². The summed E-state index contributed by atoms with van der Waals surface area (Å²) in [6.07, 6.45) is 2.54. The quantitative estimate of drug-likeness (QED) is 0.609. The van der Waals surface area contributed by atoms with Crippen LogP contribution in [-0.4, -0.2) is 45.9 Å². The molecule has 1 atom stereocenters. The molecule has 8 nitrogen and oxygen atoms in total. The lowest BCUT2D eigenvalue weighted by molar-refractivity contribution is -0.154. The summed E-state index contributed by atoms with van der Waals surface area (Å²) in [5.74, 6) is -2.46. The van der Waals surface area contributed by atoms with Crippen molar-refractivity contribution >= 4 is 23.5 Å². The van der Waals surface area contributed by atoms with Crippen LogP contribution in [-0.2, 0) is 32.6 Å². The van der Waals surface area contributed by atoms with Crippen molar-refractivity contribution in [1.82, 2.24) is 9.88 Å². The molecule has 37 heavy (non-hydrogen) atoms. The van der Waals surface area contributed by atoms with Crippen LogP contribution in [0.1, 0.15) is 68.5 Å². The van der Waals surface area contributed by atoms with E-state index < -0.39 is 29.8 Å². The van der Waals surface area contributed by atoms with Crippen molar-refractivity contribution in [3.8, 4) is 5.88 Å². The second-order valence-electron chi connectivity index (χ2n) is 10.9. The topological polar surface area (TPSA) is 109 Å². The number of carbonyl (C=O) groups excluding carboxylic acids is 2. The van der Waals surface area contributed by atoms with Gasteiger partial charge >= 0.3 is 5.97 Å². The summed E-state index contributed by atoms with van der Waals surface area (Å²) in [5, 5.41) is 12.1. The van der Waals surface area contributed by atoms with E-state index in [4.69, 9.17) is 4.74 Å². The van der Waals surface area contributed by atoms with Crippen LogP contribution in [0.5, 0.6) is 5.88 Å². The Labute approximate surface area is 215 Å². The number of fused-ring (bicyclic) bond motifs is 2. The molecule has 1 aromatic carbocycles. The first kappa shape index (κ1) is 25.2. The van der Waals surface area contributed by atoms with E-state index in [-0.39, 0.29) is 36.5 Å². The number of pyridine rings is 1. The summed E-state index contributed by atoms with van der Waals surface area (Å²) < 4.78 is 20.6. The normalized spacial score (nSPS) is 23.5. The van der Waals surface area contributed by atoms with Gasteiger partial charge in [-0.05, 0) is 67.3 Å². The van der Waals surface area contributed by atoms with Gasteiger partial charge in [0.15, 0.2) is 0 Å². The smallest absolute Gasteiger partial charge is 0.306 e. The number of anilines is 1. The first-order valence-electron chi connectivity index (χ1n) is 12.9. The minimum absolute atomic E-state index is 0.237. The third kappa shape index (κ3) is 4.55. The van der Waals surface area contributed by atoms with Crippen molar-refractivity contribution in [2.24, 2.45) is 11.8 Å². The highest BCUT2D eigenvalue weighted by Gasteiger charge is 2.45. The molecule has 1 aliphatic heterocycles. The number of rotatable bonds is 6. The Kier molecular flexibility index (Phi) is 6.41.